The van der Waals surface area contributed by atoms with Gasteiger partial charge in [-0.25, -0.2) is 4.79 Å². The van der Waals surface area contributed by atoms with E-state index in [1.54, 1.807) is 0 Å². The van der Waals surface area contributed by atoms with Crippen LogP contribution in [-0.4, -0.2) is 18.2 Å². The van der Waals surface area contributed by atoms with Crippen molar-refractivity contribution in [3.05, 3.63) is 28.3 Å². The lowest BCUT2D eigenvalue weighted by atomic mass is 9.86. The summed E-state index contributed by atoms with van der Waals surface area (Å²) in [6.07, 6.45) is 1.10. The van der Waals surface area contributed by atoms with Gasteiger partial charge < -0.3 is 5.11 Å². The highest BCUT2D eigenvalue weighted by Gasteiger charge is 2.31. The van der Waals surface area contributed by atoms with Gasteiger partial charge in [-0.15, -0.1) is 0 Å². The van der Waals surface area contributed by atoms with Gasteiger partial charge in [-0.3, -0.25) is 4.90 Å². The Morgan fingerprint density at radius 2 is 2.12 bits per heavy atom. The Balaban J connectivity index is 2.54. The first-order valence-corrected chi connectivity index (χ1v) is 6.00. The number of carboxylic acid groups (broad SMARTS) is 1. The number of halogens is 1. The second kappa shape index (κ2) is 3.91. The number of hydrogen-bond acceptors (Lipinski definition) is 1. The predicted octanol–water partition coefficient (Wildman–Crippen LogP) is 3.68. The van der Waals surface area contributed by atoms with Crippen LogP contribution in [0.5, 0.6) is 0 Å². The lowest BCUT2D eigenvalue weighted by molar-refractivity contribution is 0.203. The van der Waals surface area contributed by atoms with E-state index < -0.39 is 6.09 Å². The summed E-state index contributed by atoms with van der Waals surface area (Å²) in [5, 5.41) is 9.51. The molecule has 0 unspecified atom stereocenters. The first-order valence-electron chi connectivity index (χ1n) is 5.62. The summed E-state index contributed by atoms with van der Waals surface area (Å²) >= 11 is 6.13. The molecule has 17 heavy (non-hydrogen) atoms. The first kappa shape index (κ1) is 12.2. The van der Waals surface area contributed by atoms with Crippen molar-refractivity contribution in [1.82, 2.24) is 0 Å². The van der Waals surface area contributed by atoms with E-state index in [1.807, 2.05) is 12.1 Å². The van der Waals surface area contributed by atoms with E-state index in [4.69, 9.17) is 16.7 Å². The van der Waals surface area contributed by atoms with E-state index in [0.717, 1.165) is 17.7 Å². The fraction of sp³-hybridized carbons (Fsp3) is 0.462. The van der Waals surface area contributed by atoms with Crippen molar-refractivity contribution in [3.63, 3.8) is 0 Å². The normalized spacial score (nSPS) is 16.7. The molecule has 0 spiro atoms. The molecule has 0 radical (unpaired) electrons. The number of aryl methyl sites for hydroxylation is 1. The molecule has 4 heteroatoms. The fourth-order valence-electron chi connectivity index (χ4n) is 2.38. The third-order valence-corrected chi connectivity index (χ3v) is 3.87. The molecule has 0 fully saturated rings. The van der Waals surface area contributed by atoms with Gasteiger partial charge in [0.2, 0.25) is 0 Å². The molecular weight excluding hydrogens is 238 g/mol. The highest BCUT2D eigenvalue weighted by Crippen LogP contribution is 2.42. The van der Waals surface area contributed by atoms with Crippen LogP contribution in [0.2, 0.25) is 5.02 Å². The number of carbonyl (C=O) groups is 1. The van der Waals surface area contributed by atoms with Crippen LogP contribution >= 0.6 is 11.6 Å². The number of amides is 1. The number of fused-ring (bicyclic) bond motifs is 1. The van der Waals surface area contributed by atoms with Crippen LogP contribution in [0.3, 0.4) is 0 Å². The molecule has 0 aliphatic heterocycles. The molecule has 0 aromatic heterocycles. The third kappa shape index (κ3) is 2.00. The topological polar surface area (TPSA) is 40.5 Å². The Bertz CT molecular complexity index is 483. The van der Waals surface area contributed by atoms with Crippen molar-refractivity contribution in [2.45, 2.75) is 32.1 Å². The quantitative estimate of drug-likeness (QED) is 0.829. The maximum Gasteiger partial charge on any atom is 0.411 e. The Kier molecular flexibility index (Phi) is 2.82. The molecule has 1 aromatic carbocycles. The zero-order valence-corrected chi connectivity index (χ0v) is 11.0. The van der Waals surface area contributed by atoms with E-state index in [2.05, 4.69) is 13.8 Å². The van der Waals surface area contributed by atoms with E-state index >= 15 is 0 Å². The van der Waals surface area contributed by atoms with Gasteiger partial charge in [0.25, 0.3) is 0 Å². The van der Waals surface area contributed by atoms with Crippen LogP contribution in [-0.2, 0) is 11.8 Å². The lowest BCUT2D eigenvalue weighted by Gasteiger charge is -2.22. The summed E-state index contributed by atoms with van der Waals surface area (Å²) in [7, 11) is 1.51. The average Bonchev–Trinajstić information content (AvgIpc) is 2.52. The molecule has 1 aromatic rings. The molecule has 0 heterocycles. The fourth-order valence-corrected chi connectivity index (χ4v) is 2.69. The molecule has 0 saturated heterocycles. The molecular formula is C13H16ClNO2. The average molecular weight is 254 g/mol. The number of anilines is 1. The van der Waals surface area contributed by atoms with Crippen LogP contribution in [0.4, 0.5) is 10.5 Å². The molecule has 0 bridgehead atoms. The van der Waals surface area contributed by atoms with Gasteiger partial charge in [0.05, 0.1) is 10.7 Å². The molecule has 0 saturated carbocycles. The molecule has 2 rings (SSSR count). The SMILES string of the molecule is CN(C(=O)O)c1cc2c(cc1Cl)CCC2(C)C. The summed E-state index contributed by atoms with van der Waals surface area (Å²) in [5.74, 6) is 0. The Morgan fingerprint density at radius 3 is 2.71 bits per heavy atom. The molecule has 1 amide bonds. The number of hydrogen-bond donors (Lipinski definition) is 1. The first-order chi connectivity index (χ1) is 7.83. The highest BCUT2D eigenvalue weighted by atomic mass is 35.5. The summed E-state index contributed by atoms with van der Waals surface area (Å²) in [6.45, 7) is 4.36. The summed E-state index contributed by atoms with van der Waals surface area (Å²) < 4.78 is 0. The molecule has 92 valence electrons. The molecule has 3 nitrogen and oxygen atoms in total. The van der Waals surface area contributed by atoms with Crippen molar-refractivity contribution in [1.29, 1.82) is 0 Å². The monoisotopic (exact) mass is 253 g/mol. The Morgan fingerprint density at radius 1 is 1.47 bits per heavy atom. The maximum absolute atomic E-state index is 11.0. The van der Waals surface area contributed by atoms with Crippen molar-refractivity contribution < 1.29 is 9.90 Å². The van der Waals surface area contributed by atoms with Gasteiger partial charge in [-0.2, -0.15) is 0 Å². The van der Waals surface area contributed by atoms with Crippen LogP contribution in [0.15, 0.2) is 12.1 Å². The maximum atomic E-state index is 11.0. The van der Waals surface area contributed by atoms with Gasteiger partial charge in [-0.05, 0) is 41.5 Å². The zero-order chi connectivity index (χ0) is 12.8. The standard InChI is InChI=1S/C13H16ClNO2/c1-13(2)5-4-8-6-10(14)11(7-9(8)13)15(3)12(16)17/h6-7H,4-5H2,1-3H3,(H,16,17). The third-order valence-electron chi connectivity index (χ3n) is 3.57. The molecule has 0 atom stereocenters. The van der Waals surface area contributed by atoms with E-state index in [-0.39, 0.29) is 5.41 Å². The van der Waals surface area contributed by atoms with Crippen LogP contribution in [0, 0.1) is 0 Å². The van der Waals surface area contributed by atoms with Crippen LogP contribution < -0.4 is 4.90 Å². The minimum atomic E-state index is -0.998. The minimum absolute atomic E-state index is 0.105. The molecule has 1 aliphatic rings. The van der Waals surface area contributed by atoms with Crippen molar-refractivity contribution >= 4 is 23.4 Å². The van der Waals surface area contributed by atoms with Crippen molar-refractivity contribution in [3.8, 4) is 0 Å². The number of nitrogens with zero attached hydrogens (tertiary/aromatic N) is 1. The second-order valence-corrected chi connectivity index (χ2v) is 5.59. The van der Waals surface area contributed by atoms with Crippen molar-refractivity contribution in [2.75, 3.05) is 11.9 Å². The van der Waals surface area contributed by atoms with Gasteiger partial charge in [-0.1, -0.05) is 25.4 Å². The smallest absolute Gasteiger partial charge is 0.411 e. The Hall–Kier alpha value is -1.22. The largest absolute Gasteiger partial charge is 0.465 e. The van der Waals surface area contributed by atoms with Gasteiger partial charge in [0.15, 0.2) is 0 Å². The zero-order valence-electron chi connectivity index (χ0n) is 10.2. The Labute approximate surface area is 106 Å². The van der Waals surface area contributed by atoms with Crippen molar-refractivity contribution in [2.24, 2.45) is 0 Å². The lowest BCUT2D eigenvalue weighted by Crippen LogP contribution is -2.24. The summed E-state index contributed by atoms with van der Waals surface area (Å²) in [5.41, 5.74) is 3.12. The summed E-state index contributed by atoms with van der Waals surface area (Å²) in [6, 6.07) is 3.82. The second-order valence-electron chi connectivity index (χ2n) is 5.19. The van der Waals surface area contributed by atoms with Gasteiger partial charge >= 0.3 is 6.09 Å². The summed E-state index contributed by atoms with van der Waals surface area (Å²) in [4.78, 5) is 12.1. The molecule has 1 aliphatic carbocycles. The van der Waals surface area contributed by atoms with Gasteiger partial charge in [0, 0.05) is 7.05 Å². The minimum Gasteiger partial charge on any atom is -0.465 e. The number of benzene rings is 1. The van der Waals surface area contributed by atoms with Crippen LogP contribution in [0.25, 0.3) is 0 Å². The van der Waals surface area contributed by atoms with Crippen LogP contribution in [0.1, 0.15) is 31.4 Å². The van der Waals surface area contributed by atoms with Gasteiger partial charge in [0.1, 0.15) is 0 Å². The van der Waals surface area contributed by atoms with E-state index in [0.29, 0.717) is 10.7 Å². The highest BCUT2D eigenvalue weighted by molar-refractivity contribution is 6.33. The molecule has 1 N–H and O–H groups in total. The predicted molar refractivity (Wildman–Crippen MR) is 69.2 cm³/mol. The van der Waals surface area contributed by atoms with E-state index in [1.165, 1.54) is 18.2 Å². The number of rotatable bonds is 1. The van der Waals surface area contributed by atoms with E-state index in [9.17, 15) is 4.79 Å².